The zero-order valence-corrected chi connectivity index (χ0v) is 9.35. The number of hydrogen-bond donors (Lipinski definition) is 2. The van der Waals surface area contributed by atoms with Crippen LogP contribution in [0.25, 0.3) is 0 Å². The van der Waals surface area contributed by atoms with Crippen molar-refractivity contribution in [2.75, 3.05) is 0 Å². The highest BCUT2D eigenvalue weighted by Gasteiger charge is 2.08. The summed E-state index contributed by atoms with van der Waals surface area (Å²) in [6.45, 7) is -0.0668. The summed E-state index contributed by atoms with van der Waals surface area (Å²) in [5.74, 6) is 0. The molecule has 0 unspecified atom stereocenters. The van der Waals surface area contributed by atoms with E-state index in [2.05, 4.69) is 9.97 Å². The van der Waals surface area contributed by atoms with Gasteiger partial charge in [0.05, 0.1) is 6.61 Å². The van der Waals surface area contributed by atoms with E-state index in [1.807, 2.05) is 12.1 Å². The number of imidazole rings is 1. The Labute approximate surface area is 96.5 Å². The van der Waals surface area contributed by atoms with Crippen molar-refractivity contribution in [2.45, 2.75) is 16.7 Å². The molecule has 0 saturated carbocycles. The molecule has 0 aliphatic rings. The third kappa shape index (κ3) is 2.34. The van der Waals surface area contributed by atoms with Gasteiger partial charge in [-0.3, -0.25) is 0 Å². The summed E-state index contributed by atoms with van der Waals surface area (Å²) in [4.78, 5) is 8.00. The number of nitrogens with one attached hydrogen (secondary N) is 1. The lowest BCUT2D eigenvalue weighted by atomic mass is 10.2. The first-order chi connectivity index (χ1) is 7.31. The van der Waals surface area contributed by atoms with Crippen molar-refractivity contribution in [2.24, 2.45) is 0 Å². The van der Waals surface area contributed by atoms with Gasteiger partial charge in [-0.15, -0.1) is 0 Å². The lowest BCUT2D eigenvalue weighted by molar-refractivity contribution is 0.279. The smallest absolute Gasteiger partial charge is 0.170 e. The number of benzene rings is 1. The van der Waals surface area contributed by atoms with Crippen LogP contribution in [0.1, 0.15) is 5.56 Å². The first-order valence-corrected chi connectivity index (χ1v) is 5.56. The maximum Gasteiger partial charge on any atom is 0.170 e. The average Bonchev–Trinajstić information content (AvgIpc) is 2.71. The summed E-state index contributed by atoms with van der Waals surface area (Å²) in [6.07, 6.45) is 3.44. The van der Waals surface area contributed by atoms with Crippen molar-refractivity contribution in [3.63, 3.8) is 0 Å². The Bertz CT molecular complexity index is 445. The molecule has 15 heavy (non-hydrogen) atoms. The molecule has 2 N–H and O–H groups in total. The van der Waals surface area contributed by atoms with Gasteiger partial charge in [0.15, 0.2) is 5.16 Å². The van der Waals surface area contributed by atoms with Crippen LogP contribution in [-0.2, 0) is 6.61 Å². The minimum atomic E-state index is -0.0668. The van der Waals surface area contributed by atoms with Crippen LogP contribution in [0.3, 0.4) is 0 Å². The van der Waals surface area contributed by atoms with Crippen molar-refractivity contribution >= 4 is 23.4 Å². The van der Waals surface area contributed by atoms with E-state index < -0.39 is 0 Å². The van der Waals surface area contributed by atoms with Gasteiger partial charge in [0.2, 0.25) is 0 Å². The van der Waals surface area contributed by atoms with Crippen LogP contribution in [0.2, 0.25) is 5.02 Å². The number of nitrogens with zero attached hydrogens (tertiary/aromatic N) is 1. The van der Waals surface area contributed by atoms with Crippen molar-refractivity contribution in [1.82, 2.24) is 9.97 Å². The normalized spacial score (nSPS) is 10.5. The number of hydrogen-bond acceptors (Lipinski definition) is 3. The number of aliphatic hydroxyl groups is 1. The Morgan fingerprint density at radius 3 is 3.00 bits per heavy atom. The Morgan fingerprint density at radius 2 is 2.33 bits per heavy atom. The maximum atomic E-state index is 9.20. The SMILES string of the molecule is OCc1c(Cl)cccc1Sc1ncc[nH]1. The molecule has 1 aromatic carbocycles. The molecule has 2 rings (SSSR count). The second-order valence-corrected chi connectivity index (χ2v) is 4.31. The third-order valence-corrected chi connectivity index (χ3v) is 3.29. The van der Waals surface area contributed by atoms with Crippen LogP contribution in [-0.4, -0.2) is 15.1 Å². The minimum Gasteiger partial charge on any atom is -0.392 e. The van der Waals surface area contributed by atoms with Gasteiger partial charge in [-0.2, -0.15) is 0 Å². The number of halogens is 1. The predicted octanol–water partition coefficient (Wildman–Crippen LogP) is 2.71. The van der Waals surface area contributed by atoms with Gasteiger partial charge in [0.25, 0.3) is 0 Å². The molecule has 3 nitrogen and oxygen atoms in total. The number of H-pyrrole nitrogens is 1. The largest absolute Gasteiger partial charge is 0.392 e. The molecule has 78 valence electrons. The van der Waals surface area contributed by atoms with Crippen molar-refractivity contribution in [3.05, 3.63) is 41.2 Å². The fraction of sp³-hybridized carbons (Fsp3) is 0.100. The monoisotopic (exact) mass is 240 g/mol. The highest BCUT2D eigenvalue weighted by atomic mass is 35.5. The second-order valence-electron chi connectivity index (χ2n) is 2.87. The van der Waals surface area contributed by atoms with E-state index in [4.69, 9.17) is 11.6 Å². The first kappa shape index (κ1) is 10.5. The second kappa shape index (κ2) is 4.70. The van der Waals surface area contributed by atoms with E-state index in [1.165, 1.54) is 11.8 Å². The Hall–Kier alpha value is -0.970. The zero-order chi connectivity index (χ0) is 10.7. The summed E-state index contributed by atoms with van der Waals surface area (Å²) >= 11 is 7.41. The first-order valence-electron chi connectivity index (χ1n) is 4.36. The molecule has 0 aliphatic heterocycles. The zero-order valence-electron chi connectivity index (χ0n) is 7.77. The quantitative estimate of drug-likeness (QED) is 0.867. The van der Waals surface area contributed by atoms with Crippen LogP contribution in [0.5, 0.6) is 0 Å². The van der Waals surface area contributed by atoms with E-state index in [-0.39, 0.29) is 6.61 Å². The molecule has 0 amide bonds. The Kier molecular flexibility index (Phi) is 3.30. The van der Waals surface area contributed by atoms with E-state index in [0.717, 1.165) is 15.6 Å². The summed E-state index contributed by atoms with van der Waals surface area (Å²) in [7, 11) is 0. The number of rotatable bonds is 3. The molecule has 0 radical (unpaired) electrons. The van der Waals surface area contributed by atoms with Crippen molar-refractivity contribution in [1.29, 1.82) is 0 Å². The molecule has 0 atom stereocenters. The fourth-order valence-electron chi connectivity index (χ4n) is 1.20. The lowest BCUT2D eigenvalue weighted by Crippen LogP contribution is -1.89. The van der Waals surface area contributed by atoms with Crippen LogP contribution in [0.4, 0.5) is 0 Å². The molecule has 1 heterocycles. The molecular formula is C10H9ClN2OS. The molecular weight excluding hydrogens is 232 g/mol. The van der Waals surface area contributed by atoms with Crippen LogP contribution < -0.4 is 0 Å². The van der Waals surface area contributed by atoms with E-state index in [9.17, 15) is 5.11 Å². The van der Waals surface area contributed by atoms with Gasteiger partial charge in [0, 0.05) is 27.9 Å². The summed E-state index contributed by atoms with van der Waals surface area (Å²) in [6, 6.07) is 5.52. The maximum absolute atomic E-state index is 9.20. The fourth-order valence-corrected chi connectivity index (χ4v) is 2.38. The molecule has 0 bridgehead atoms. The number of aliphatic hydroxyl groups excluding tert-OH is 1. The van der Waals surface area contributed by atoms with Crippen LogP contribution in [0.15, 0.2) is 40.6 Å². The highest BCUT2D eigenvalue weighted by Crippen LogP contribution is 2.31. The molecule has 5 heteroatoms. The summed E-state index contributed by atoms with van der Waals surface area (Å²) in [5.41, 5.74) is 0.737. The lowest BCUT2D eigenvalue weighted by Gasteiger charge is -2.06. The van der Waals surface area contributed by atoms with Crippen LogP contribution >= 0.6 is 23.4 Å². The number of aromatic amines is 1. The Morgan fingerprint density at radius 1 is 1.47 bits per heavy atom. The molecule has 0 fully saturated rings. The van der Waals surface area contributed by atoms with Gasteiger partial charge < -0.3 is 10.1 Å². The minimum absolute atomic E-state index is 0.0668. The Balaban J connectivity index is 2.32. The third-order valence-electron chi connectivity index (χ3n) is 1.91. The van der Waals surface area contributed by atoms with Gasteiger partial charge in [-0.1, -0.05) is 29.4 Å². The molecule has 1 aromatic heterocycles. The molecule has 0 aliphatic carbocycles. The average molecular weight is 241 g/mol. The van der Waals surface area contributed by atoms with E-state index >= 15 is 0 Å². The standard InChI is InChI=1S/C10H9ClN2OS/c11-8-2-1-3-9(7(8)6-14)15-10-12-4-5-13-10/h1-5,14H,6H2,(H,12,13). The van der Waals surface area contributed by atoms with Gasteiger partial charge in [0.1, 0.15) is 0 Å². The van der Waals surface area contributed by atoms with E-state index in [1.54, 1.807) is 18.5 Å². The van der Waals surface area contributed by atoms with Gasteiger partial charge in [-0.05, 0) is 12.1 Å². The predicted molar refractivity (Wildman–Crippen MR) is 60.1 cm³/mol. The summed E-state index contributed by atoms with van der Waals surface area (Å²) in [5, 5.41) is 10.6. The molecule has 0 saturated heterocycles. The van der Waals surface area contributed by atoms with Crippen molar-refractivity contribution in [3.8, 4) is 0 Å². The van der Waals surface area contributed by atoms with Gasteiger partial charge >= 0.3 is 0 Å². The number of aromatic nitrogens is 2. The topological polar surface area (TPSA) is 48.9 Å². The summed E-state index contributed by atoms with van der Waals surface area (Å²) < 4.78 is 0. The van der Waals surface area contributed by atoms with Crippen molar-refractivity contribution < 1.29 is 5.11 Å². The molecule has 0 spiro atoms. The van der Waals surface area contributed by atoms with E-state index in [0.29, 0.717) is 5.02 Å². The highest BCUT2D eigenvalue weighted by molar-refractivity contribution is 7.99. The van der Waals surface area contributed by atoms with Crippen LogP contribution in [0, 0.1) is 0 Å². The van der Waals surface area contributed by atoms with Gasteiger partial charge in [-0.25, -0.2) is 4.98 Å². The molecule has 2 aromatic rings.